The highest BCUT2D eigenvalue weighted by atomic mass is 16.2. The summed E-state index contributed by atoms with van der Waals surface area (Å²) in [5.74, 6) is 0. The van der Waals surface area contributed by atoms with Gasteiger partial charge in [0.15, 0.2) is 0 Å². The fourth-order valence-electron chi connectivity index (χ4n) is 0. The largest absolute Gasteiger partial charge is 0.397 e. The lowest BCUT2D eigenvalue weighted by Gasteiger charge is -1.52. The van der Waals surface area contributed by atoms with E-state index in [1.165, 1.54) is 0 Å². The Labute approximate surface area is 30.4 Å². The minimum absolute atomic E-state index is 0.250. The van der Waals surface area contributed by atoms with Crippen LogP contribution >= 0.6 is 0 Å². The molecule has 0 spiro atoms. The molecule has 0 fully saturated rings. The van der Waals surface area contributed by atoms with Gasteiger partial charge in [0, 0.05) is 6.61 Å². The third-order valence-electron chi connectivity index (χ3n) is 0. The molecule has 5 heavy (non-hydrogen) atoms. The van der Waals surface area contributed by atoms with Crippen LogP contribution < -0.4 is 0 Å². The lowest BCUT2D eigenvalue weighted by atomic mass is 10.9. The van der Waals surface area contributed by atoms with Gasteiger partial charge in [-0.05, 0) is 6.92 Å². The topological polar surface area (TPSA) is 61.1 Å². The average molecular weight is 77.1 g/mol. The van der Waals surface area contributed by atoms with Crippen LogP contribution in [0.4, 0.5) is 0 Å². The lowest BCUT2D eigenvalue weighted by Crippen LogP contribution is -1.57. The van der Waals surface area contributed by atoms with E-state index < -0.39 is 0 Å². The van der Waals surface area contributed by atoms with Gasteiger partial charge in [-0.3, -0.25) is 0 Å². The molecule has 3 heteroatoms. The van der Waals surface area contributed by atoms with Gasteiger partial charge in [0.05, 0.1) is 0 Å². The minimum atomic E-state index is 0.250. The molecular formula is C2H7NO2. The van der Waals surface area contributed by atoms with Gasteiger partial charge in [0.25, 0.3) is 0 Å². The first-order valence-electron chi connectivity index (χ1n) is 1.23. The van der Waals surface area contributed by atoms with E-state index in [9.17, 15) is 0 Å². The van der Waals surface area contributed by atoms with Crippen molar-refractivity contribution in [1.82, 2.24) is 0 Å². The first-order valence-corrected chi connectivity index (χ1v) is 1.23. The fraction of sp³-hybridized carbons (Fsp3) is 1.00. The number of hydrogen-bond acceptors (Lipinski definition) is 3. The van der Waals surface area contributed by atoms with E-state index in [4.69, 9.17) is 10.0 Å². The zero-order valence-electron chi connectivity index (χ0n) is 3.06. The van der Waals surface area contributed by atoms with E-state index >= 15 is 0 Å². The molecule has 0 aliphatic heterocycles. The Balaban J connectivity index is 0. The SMILES string of the molecule is CCO.N=O. The number of aliphatic hydroxyl groups excluding tert-OH is 1. The van der Waals surface area contributed by atoms with Crippen molar-refractivity contribution in [2.24, 2.45) is 0 Å². The van der Waals surface area contributed by atoms with Crippen molar-refractivity contribution in [3.8, 4) is 0 Å². The number of nitrogens with one attached hydrogen (secondary N) is 1. The van der Waals surface area contributed by atoms with E-state index in [-0.39, 0.29) is 6.61 Å². The van der Waals surface area contributed by atoms with Crippen molar-refractivity contribution in [2.45, 2.75) is 6.92 Å². The van der Waals surface area contributed by atoms with Crippen LogP contribution in [0.5, 0.6) is 0 Å². The van der Waals surface area contributed by atoms with Crippen molar-refractivity contribution in [1.29, 1.82) is 5.59 Å². The van der Waals surface area contributed by atoms with Crippen LogP contribution in [0, 0.1) is 10.5 Å². The quantitative estimate of drug-likeness (QED) is 0.409. The maximum Gasteiger partial charge on any atom is 0.0402 e. The second kappa shape index (κ2) is 74.4. The summed E-state index contributed by atoms with van der Waals surface area (Å²) in [5.41, 5.74) is 4.50. The zero-order valence-corrected chi connectivity index (χ0v) is 3.06. The summed E-state index contributed by atoms with van der Waals surface area (Å²) in [6, 6.07) is 0. The number of rotatable bonds is 0. The average Bonchev–Trinajstić information content (AvgIpc) is 1.46. The highest BCUT2D eigenvalue weighted by molar-refractivity contribution is 3.84. The normalized spacial score (nSPS) is 4.40. The summed E-state index contributed by atoms with van der Waals surface area (Å²) >= 11 is 0. The molecule has 0 saturated carbocycles. The molecule has 0 heterocycles. The van der Waals surface area contributed by atoms with Crippen molar-refractivity contribution in [3.05, 3.63) is 4.91 Å². The Morgan fingerprint density at radius 2 is 1.80 bits per heavy atom. The van der Waals surface area contributed by atoms with Gasteiger partial charge in [-0.25, -0.2) is 0 Å². The van der Waals surface area contributed by atoms with Gasteiger partial charge in [-0.1, -0.05) is 5.59 Å². The van der Waals surface area contributed by atoms with Crippen molar-refractivity contribution >= 4 is 0 Å². The highest BCUT2D eigenvalue weighted by Gasteiger charge is 1.34. The Kier molecular flexibility index (Phi) is 131. The standard InChI is InChI=1S/C2H6O.HNO/c1-2-3;1-2/h3H,2H2,1H3;1H. The molecule has 32 valence electrons. The molecule has 2 N–H and O–H groups in total. The number of aliphatic hydroxyl groups is 1. The van der Waals surface area contributed by atoms with Crippen molar-refractivity contribution < 1.29 is 5.11 Å². The fourth-order valence-corrected chi connectivity index (χ4v) is 0. The predicted octanol–water partition coefficient (Wildman–Crippen LogP) is 0.330. The minimum Gasteiger partial charge on any atom is -0.397 e. The van der Waals surface area contributed by atoms with Crippen molar-refractivity contribution in [3.63, 3.8) is 0 Å². The molecule has 0 aliphatic rings. The molecule has 0 atom stereocenters. The van der Waals surface area contributed by atoms with Crippen LogP contribution in [0.25, 0.3) is 0 Å². The molecule has 0 unspecified atom stereocenters. The Hall–Kier alpha value is -0.440. The molecule has 0 amide bonds. The van der Waals surface area contributed by atoms with Gasteiger partial charge in [-0.2, -0.15) is 4.91 Å². The predicted molar refractivity (Wildman–Crippen MR) is 18.8 cm³/mol. The Morgan fingerprint density at radius 1 is 1.80 bits per heavy atom. The maximum absolute atomic E-state index is 7.57. The molecule has 0 radical (unpaired) electrons. The molecule has 3 nitrogen and oxygen atoms in total. The van der Waals surface area contributed by atoms with E-state index in [0.717, 1.165) is 0 Å². The second-order valence-corrected chi connectivity index (χ2v) is 0.316. The Morgan fingerprint density at radius 3 is 1.80 bits per heavy atom. The highest BCUT2D eigenvalue weighted by Crippen LogP contribution is 1.30. The smallest absolute Gasteiger partial charge is 0.0402 e. The van der Waals surface area contributed by atoms with Gasteiger partial charge in [0.2, 0.25) is 0 Å². The molecular weight excluding hydrogens is 70.0 g/mol. The summed E-state index contributed by atoms with van der Waals surface area (Å²) < 4.78 is 0. The van der Waals surface area contributed by atoms with E-state index in [0.29, 0.717) is 0 Å². The summed E-state index contributed by atoms with van der Waals surface area (Å²) in [7, 11) is 0. The summed E-state index contributed by atoms with van der Waals surface area (Å²) in [5, 5.41) is 7.57. The summed E-state index contributed by atoms with van der Waals surface area (Å²) in [6.07, 6.45) is 0. The zero-order chi connectivity index (χ0) is 4.71. The van der Waals surface area contributed by atoms with E-state index in [1.54, 1.807) is 6.92 Å². The monoisotopic (exact) mass is 77.0 g/mol. The van der Waals surface area contributed by atoms with Crippen LogP contribution in [-0.2, 0) is 0 Å². The van der Waals surface area contributed by atoms with Gasteiger partial charge in [0.1, 0.15) is 0 Å². The lowest BCUT2D eigenvalue weighted by molar-refractivity contribution is 0.318. The van der Waals surface area contributed by atoms with Crippen LogP contribution in [0.15, 0.2) is 0 Å². The molecule has 0 aromatic rings. The van der Waals surface area contributed by atoms with Crippen molar-refractivity contribution in [2.75, 3.05) is 6.61 Å². The summed E-state index contributed by atoms with van der Waals surface area (Å²) in [6.45, 7) is 1.93. The molecule has 0 aromatic heterocycles. The third kappa shape index (κ3) is 44.8. The van der Waals surface area contributed by atoms with Crippen LogP contribution in [0.2, 0.25) is 0 Å². The van der Waals surface area contributed by atoms with Gasteiger partial charge >= 0.3 is 0 Å². The molecule has 0 aromatic carbocycles. The third-order valence-corrected chi connectivity index (χ3v) is 0. The number of nitroso groups, excluding NO2 is 1. The Bertz CT molecular complexity index is 11.6. The van der Waals surface area contributed by atoms with Crippen LogP contribution in [-0.4, -0.2) is 11.7 Å². The van der Waals surface area contributed by atoms with E-state index in [1.807, 2.05) is 0 Å². The van der Waals surface area contributed by atoms with Crippen LogP contribution in [0.1, 0.15) is 6.92 Å². The molecule has 0 saturated heterocycles. The maximum atomic E-state index is 7.57. The second-order valence-electron chi connectivity index (χ2n) is 0.316. The summed E-state index contributed by atoms with van der Waals surface area (Å²) in [4.78, 5) is 7.50. The first kappa shape index (κ1) is 8.82. The number of hydrogen-bond donors (Lipinski definition) is 2. The van der Waals surface area contributed by atoms with E-state index in [2.05, 4.69) is 5.59 Å². The molecule has 0 rings (SSSR count). The van der Waals surface area contributed by atoms with Gasteiger partial charge < -0.3 is 5.11 Å². The first-order chi connectivity index (χ1) is 2.41. The molecule has 0 bridgehead atoms. The van der Waals surface area contributed by atoms with Gasteiger partial charge in [-0.15, -0.1) is 0 Å². The van der Waals surface area contributed by atoms with Crippen LogP contribution in [0.3, 0.4) is 0 Å². The molecule has 0 aliphatic carbocycles.